The predicted molar refractivity (Wildman–Crippen MR) is 145 cm³/mol. The fraction of sp³-hybridized carbons (Fsp3) is 0.517. The van der Waals surface area contributed by atoms with Gasteiger partial charge in [-0.15, -0.1) is 0 Å². The smallest absolute Gasteiger partial charge is 0.261 e. The number of halogens is 1. The lowest BCUT2D eigenvalue weighted by Crippen LogP contribution is -2.51. The summed E-state index contributed by atoms with van der Waals surface area (Å²) in [6.45, 7) is 10.5. The minimum Gasteiger partial charge on any atom is -0.483 e. The van der Waals surface area contributed by atoms with Crippen molar-refractivity contribution in [2.45, 2.75) is 90.8 Å². The number of carbonyl (C=O) groups is 2. The highest BCUT2D eigenvalue weighted by Crippen LogP contribution is 2.31. The van der Waals surface area contributed by atoms with Gasteiger partial charge in [0.05, 0.1) is 4.47 Å². The molecule has 2 aromatic rings. The van der Waals surface area contributed by atoms with E-state index in [1.165, 1.54) is 12.0 Å². The Bertz CT molecular complexity index is 1020. The molecule has 0 saturated heterocycles. The SMILES string of the molecule is Cc1cccc(CN(C(=O)COc2ccc(C(C)(C)C)cc2Br)[C@H](C)C(=O)NC2CCCCC2)c1. The lowest BCUT2D eigenvalue weighted by molar-refractivity contribution is -0.142. The third kappa shape index (κ3) is 7.83. The van der Waals surface area contributed by atoms with Gasteiger partial charge in [-0.05, 0) is 71.3 Å². The number of aryl methyl sites for hydroxylation is 1. The molecule has 1 atom stereocenters. The number of hydrogen-bond acceptors (Lipinski definition) is 3. The van der Waals surface area contributed by atoms with Gasteiger partial charge >= 0.3 is 0 Å². The molecular formula is C29H39BrN2O3. The van der Waals surface area contributed by atoms with Gasteiger partial charge in [-0.1, -0.05) is 75.9 Å². The third-order valence-corrected chi connectivity index (χ3v) is 7.32. The quantitative estimate of drug-likeness (QED) is 0.425. The van der Waals surface area contributed by atoms with Crippen molar-refractivity contribution in [3.63, 3.8) is 0 Å². The van der Waals surface area contributed by atoms with E-state index in [9.17, 15) is 9.59 Å². The van der Waals surface area contributed by atoms with E-state index in [0.717, 1.165) is 41.3 Å². The van der Waals surface area contributed by atoms with Crippen molar-refractivity contribution in [2.24, 2.45) is 0 Å². The molecule has 3 rings (SSSR count). The lowest BCUT2D eigenvalue weighted by atomic mass is 9.87. The van der Waals surface area contributed by atoms with E-state index in [1.807, 2.05) is 43.3 Å². The standard InChI is InChI=1S/C29H39BrN2O3/c1-20-10-9-11-22(16-20)18-32(21(2)28(34)31-24-12-7-6-8-13-24)27(33)19-35-26-15-14-23(17-25(26)30)29(3,4)5/h9-11,14-17,21,24H,6-8,12-13,18-19H2,1-5H3,(H,31,34)/t21-/m1/s1. The highest BCUT2D eigenvalue weighted by molar-refractivity contribution is 9.10. The Morgan fingerprint density at radius 2 is 1.83 bits per heavy atom. The number of ether oxygens (including phenoxy) is 1. The van der Waals surface area contributed by atoms with Crippen LogP contribution in [0.15, 0.2) is 46.9 Å². The van der Waals surface area contributed by atoms with Gasteiger partial charge in [-0.2, -0.15) is 0 Å². The number of carbonyl (C=O) groups excluding carboxylic acids is 2. The van der Waals surface area contributed by atoms with Crippen LogP contribution in [0.25, 0.3) is 0 Å². The van der Waals surface area contributed by atoms with Gasteiger partial charge in [0.1, 0.15) is 11.8 Å². The van der Waals surface area contributed by atoms with Crippen molar-refractivity contribution < 1.29 is 14.3 Å². The van der Waals surface area contributed by atoms with Crippen LogP contribution < -0.4 is 10.1 Å². The number of nitrogens with zero attached hydrogens (tertiary/aromatic N) is 1. The van der Waals surface area contributed by atoms with Crippen LogP contribution >= 0.6 is 15.9 Å². The van der Waals surface area contributed by atoms with Gasteiger partial charge in [-0.3, -0.25) is 9.59 Å². The Morgan fingerprint density at radius 3 is 2.46 bits per heavy atom. The van der Waals surface area contributed by atoms with Gasteiger partial charge in [0, 0.05) is 12.6 Å². The fourth-order valence-electron chi connectivity index (χ4n) is 4.47. The fourth-order valence-corrected chi connectivity index (χ4v) is 4.96. The van der Waals surface area contributed by atoms with Crippen molar-refractivity contribution in [3.8, 4) is 5.75 Å². The van der Waals surface area contributed by atoms with Gasteiger partial charge in [0.15, 0.2) is 6.61 Å². The molecule has 2 amide bonds. The van der Waals surface area contributed by atoms with Gasteiger partial charge in [0.2, 0.25) is 5.91 Å². The molecule has 0 aromatic heterocycles. The van der Waals surface area contributed by atoms with Crippen LogP contribution in [-0.2, 0) is 21.5 Å². The molecule has 1 aliphatic rings. The Hall–Kier alpha value is -2.34. The Balaban J connectivity index is 1.73. The maximum absolute atomic E-state index is 13.4. The van der Waals surface area contributed by atoms with Crippen molar-refractivity contribution in [1.29, 1.82) is 0 Å². The topological polar surface area (TPSA) is 58.6 Å². The van der Waals surface area contributed by atoms with Gasteiger partial charge in [-0.25, -0.2) is 0 Å². The summed E-state index contributed by atoms with van der Waals surface area (Å²) in [6, 6.07) is 13.6. The highest BCUT2D eigenvalue weighted by Gasteiger charge is 2.28. The zero-order valence-corrected chi connectivity index (χ0v) is 23.3. The summed E-state index contributed by atoms with van der Waals surface area (Å²) in [6.07, 6.45) is 5.52. The average Bonchev–Trinajstić information content (AvgIpc) is 2.81. The molecule has 1 fully saturated rings. The number of rotatable bonds is 8. The number of hydrogen-bond donors (Lipinski definition) is 1. The predicted octanol–water partition coefficient (Wildman–Crippen LogP) is 6.30. The van der Waals surface area contributed by atoms with Crippen molar-refractivity contribution in [2.75, 3.05) is 6.61 Å². The second kappa shape index (κ2) is 12.1. The minimum absolute atomic E-state index is 0.0165. The molecule has 0 bridgehead atoms. The van der Waals surface area contributed by atoms with Crippen molar-refractivity contribution in [1.82, 2.24) is 10.2 Å². The monoisotopic (exact) mass is 542 g/mol. The highest BCUT2D eigenvalue weighted by atomic mass is 79.9. The number of nitrogens with one attached hydrogen (secondary N) is 1. The first-order chi connectivity index (χ1) is 16.5. The molecule has 0 heterocycles. The summed E-state index contributed by atoms with van der Waals surface area (Å²) in [5, 5.41) is 3.17. The molecule has 1 N–H and O–H groups in total. The first kappa shape index (κ1) is 27.3. The maximum Gasteiger partial charge on any atom is 0.261 e. The maximum atomic E-state index is 13.4. The van der Waals surface area contributed by atoms with Gasteiger partial charge < -0.3 is 15.0 Å². The number of amides is 2. The molecule has 190 valence electrons. The third-order valence-electron chi connectivity index (χ3n) is 6.70. The molecule has 0 radical (unpaired) electrons. The summed E-state index contributed by atoms with van der Waals surface area (Å²) in [4.78, 5) is 28.1. The summed E-state index contributed by atoms with van der Waals surface area (Å²) < 4.78 is 6.73. The van der Waals surface area contributed by atoms with Crippen LogP contribution in [0.5, 0.6) is 5.75 Å². The zero-order valence-electron chi connectivity index (χ0n) is 21.7. The molecular weight excluding hydrogens is 504 g/mol. The molecule has 5 nitrogen and oxygen atoms in total. The van der Waals surface area contributed by atoms with E-state index in [-0.39, 0.29) is 29.9 Å². The van der Waals surface area contributed by atoms with Gasteiger partial charge in [0.25, 0.3) is 5.91 Å². The number of benzene rings is 2. The van der Waals surface area contributed by atoms with E-state index >= 15 is 0 Å². The normalized spacial score (nSPS) is 15.4. The Labute approximate surface area is 218 Å². The van der Waals surface area contributed by atoms with Crippen LogP contribution in [0.3, 0.4) is 0 Å². The Kier molecular flexibility index (Phi) is 9.40. The molecule has 0 unspecified atom stereocenters. The average molecular weight is 544 g/mol. The zero-order chi connectivity index (χ0) is 25.6. The summed E-state index contributed by atoms with van der Waals surface area (Å²) in [7, 11) is 0. The molecule has 1 aliphatic carbocycles. The van der Waals surface area contributed by atoms with Crippen molar-refractivity contribution >= 4 is 27.7 Å². The molecule has 35 heavy (non-hydrogen) atoms. The molecule has 6 heteroatoms. The second-order valence-corrected chi connectivity index (χ2v) is 11.6. The van der Waals surface area contributed by atoms with E-state index < -0.39 is 6.04 Å². The molecule has 0 aliphatic heterocycles. The Morgan fingerprint density at radius 1 is 1.11 bits per heavy atom. The van der Waals surface area contributed by atoms with E-state index in [2.05, 4.69) is 48.1 Å². The van der Waals surface area contributed by atoms with Crippen LogP contribution in [0.2, 0.25) is 0 Å². The summed E-state index contributed by atoms with van der Waals surface area (Å²) in [5.74, 6) is 0.291. The minimum atomic E-state index is -0.597. The largest absolute Gasteiger partial charge is 0.483 e. The van der Waals surface area contributed by atoms with Crippen LogP contribution in [0.1, 0.15) is 76.5 Å². The van der Waals surface area contributed by atoms with E-state index in [0.29, 0.717) is 12.3 Å². The molecule has 1 saturated carbocycles. The van der Waals surface area contributed by atoms with E-state index in [4.69, 9.17) is 4.74 Å². The summed E-state index contributed by atoms with van der Waals surface area (Å²) in [5.41, 5.74) is 3.31. The van der Waals surface area contributed by atoms with Crippen LogP contribution in [0, 0.1) is 6.92 Å². The van der Waals surface area contributed by atoms with Crippen molar-refractivity contribution in [3.05, 3.63) is 63.6 Å². The van der Waals surface area contributed by atoms with Crippen LogP contribution in [0.4, 0.5) is 0 Å². The first-order valence-electron chi connectivity index (χ1n) is 12.6. The summed E-state index contributed by atoms with van der Waals surface area (Å²) >= 11 is 3.58. The van der Waals surface area contributed by atoms with Crippen LogP contribution in [-0.4, -0.2) is 35.4 Å². The second-order valence-electron chi connectivity index (χ2n) is 10.7. The molecule has 0 spiro atoms. The molecule has 2 aromatic carbocycles. The first-order valence-corrected chi connectivity index (χ1v) is 13.4. The lowest BCUT2D eigenvalue weighted by Gasteiger charge is -2.31. The van der Waals surface area contributed by atoms with E-state index in [1.54, 1.807) is 11.8 Å².